The zero-order chi connectivity index (χ0) is 12.0. The number of carboxylic acids is 1. The lowest BCUT2D eigenvalue weighted by Crippen LogP contribution is -2.21. The quantitative estimate of drug-likeness (QED) is 0.865. The van der Waals surface area contributed by atoms with Crippen LogP contribution in [0.1, 0.15) is 24.0 Å². The molecule has 0 bridgehead atoms. The van der Waals surface area contributed by atoms with Gasteiger partial charge in [0, 0.05) is 12.0 Å². The van der Waals surface area contributed by atoms with E-state index in [4.69, 9.17) is 9.47 Å². The molecule has 1 aliphatic carbocycles. The average Bonchev–Trinajstić information content (AvgIpc) is 2.99. The molecule has 0 radical (unpaired) electrons. The number of ether oxygens (including phenoxy) is 2. The molecule has 0 unspecified atom stereocenters. The summed E-state index contributed by atoms with van der Waals surface area (Å²) in [5.74, 6) is 0.705. The van der Waals surface area contributed by atoms with Crippen LogP contribution in [-0.4, -0.2) is 24.8 Å². The fourth-order valence-corrected chi connectivity index (χ4v) is 2.60. The molecule has 0 spiro atoms. The third kappa shape index (κ3) is 1.33. The standard InChI is InChI=1S/C13H14O4/c1-16-10-3-2-9(8-4-7-17-11(8)10)13(5-6-13)12(14)15/h2-3H,4-7H2,1H3,(H,14,15). The third-order valence-electron chi connectivity index (χ3n) is 3.72. The molecule has 1 fully saturated rings. The highest BCUT2D eigenvalue weighted by molar-refractivity contribution is 5.86. The van der Waals surface area contributed by atoms with Crippen LogP contribution < -0.4 is 9.47 Å². The minimum absolute atomic E-state index is 0.610. The van der Waals surface area contributed by atoms with E-state index in [9.17, 15) is 9.90 Å². The normalized spacial score (nSPS) is 19.4. The fraction of sp³-hybridized carbons (Fsp3) is 0.462. The number of fused-ring (bicyclic) bond motifs is 1. The fourth-order valence-electron chi connectivity index (χ4n) is 2.60. The van der Waals surface area contributed by atoms with Crippen molar-refractivity contribution in [3.63, 3.8) is 0 Å². The number of carbonyl (C=O) groups is 1. The Hall–Kier alpha value is -1.71. The molecule has 0 amide bonds. The van der Waals surface area contributed by atoms with Crippen LogP contribution in [-0.2, 0) is 16.6 Å². The molecule has 1 saturated carbocycles. The van der Waals surface area contributed by atoms with Crippen molar-refractivity contribution in [2.75, 3.05) is 13.7 Å². The zero-order valence-electron chi connectivity index (χ0n) is 9.66. The number of rotatable bonds is 3. The molecule has 1 aromatic rings. The summed E-state index contributed by atoms with van der Waals surface area (Å²) < 4.78 is 10.8. The maximum atomic E-state index is 11.4. The van der Waals surface area contributed by atoms with Gasteiger partial charge < -0.3 is 14.6 Å². The van der Waals surface area contributed by atoms with E-state index in [2.05, 4.69) is 0 Å². The van der Waals surface area contributed by atoms with Crippen LogP contribution >= 0.6 is 0 Å². The van der Waals surface area contributed by atoms with E-state index in [1.54, 1.807) is 7.11 Å². The molecule has 0 aromatic heterocycles. The minimum Gasteiger partial charge on any atom is -0.493 e. The van der Waals surface area contributed by atoms with Gasteiger partial charge in [0.15, 0.2) is 11.5 Å². The van der Waals surface area contributed by atoms with Gasteiger partial charge in [0.25, 0.3) is 0 Å². The van der Waals surface area contributed by atoms with Crippen LogP contribution in [0.5, 0.6) is 11.5 Å². The van der Waals surface area contributed by atoms with E-state index in [-0.39, 0.29) is 0 Å². The van der Waals surface area contributed by atoms with Crippen molar-refractivity contribution in [1.82, 2.24) is 0 Å². The number of carboxylic acid groups (broad SMARTS) is 1. The summed E-state index contributed by atoms with van der Waals surface area (Å²) in [5.41, 5.74) is 1.27. The molecule has 2 aliphatic rings. The highest BCUT2D eigenvalue weighted by atomic mass is 16.5. The van der Waals surface area contributed by atoms with Crippen molar-refractivity contribution in [1.29, 1.82) is 0 Å². The topological polar surface area (TPSA) is 55.8 Å². The number of methoxy groups -OCH3 is 1. The minimum atomic E-state index is -0.725. The van der Waals surface area contributed by atoms with Gasteiger partial charge in [0.1, 0.15) is 0 Å². The Kier molecular flexibility index (Phi) is 2.08. The van der Waals surface area contributed by atoms with Gasteiger partial charge in [-0.15, -0.1) is 0 Å². The van der Waals surface area contributed by atoms with Gasteiger partial charge in [-0.3, -0.25) is 4.79 Å². The number of aliphatic carboxylic acids is 1. The van der Waals surface area contributed by atoms with Crippen molar-refractivity contribution in [3.8, 4) is 11.5 Å². The predicted octanol–water partition coefficient (Wildman–Crippen LogP) is 1.75. The lowest BCUT2D eigenvalue weighted by Gasteiger charge is -2.15. The summed E-state index contributed by atoms with van der Waals surface area (Å²) in [6.45, 7) is 0.610. The lowest BCUT2D eigenvalue weighted by molar-refractivity contribution is -0.140. The summed E-state index contributed by atoms with van der Waals surface area (Å²) in [7, 11) is 1.60. The van der Waals surface area contributed by atoms with Crippen molar-refractivity contribution in [2.24, 2.45) is 0 Å². The molecule has 90 valence electrons. The van der Waals surface area contributed by atoms with Gasteiger partial charge in [0.05, 0.1) is 19.1 Å². The number of hydrogen-bond acceptors (Lipinski definition) is 3. The van der Waals surface area contributed by atoms with E-state index in [1.807, 2.05) is 12.1 Å². The van der Waals surface area contributed by atoms with Crippen LogP contribution in [0.25, 0.3) is 0 Å². The van der Waals surface area contributed by atoms with Crippen molar-refractivity contribution < 1.29 is 19.4 Å². The first-order valence-electron chi connectivity index (χ1n) is 5.75. The van der Waals surface area contributed by atoms with E-state index >= 15 is 0 Å². The third-order valence-corrected chi connectivity index (χ3v) is 3.72. The first-order valence-corrected chi connectivity index (χ1v) is 5.75. The summed E-state index contributed by atoms with van der Waals surface area (Å²) in [6, 6.07) is 3.69. The van der Waals surface area contributed by atoms with Crippen molar-refractivity contribution >= 4 is 5.97 Å². The van der Waals surface area contributed by atoms with Crippen LogP contribution in [0, 0.1) is 0 Å². The number of hydrogen-bond donors (Lipinski definition) is 1. The second-order valence-corrected chi connectivity index (χ2v) is 4.61. The van der Waals surface area contributed by atoms with Crippen LogP contribution in [0.3, 0.4) is 0 Å². The molecular formula is C13H14O4. The molecule has 1 aliphatic heterocycles. The second-order valence-electron chi connectivity index (χ2n) is 4.61. The summed E-state index contributed by atoms with van der Waals surface area (Å²) in [5, 5.41) is 9.34. The Balaban J connectivity index is 2.14. The summed E-state index contributed by atoms with van der Waals surface area (Å²) >= 11 is 0. The molecular weight excluding hydrogens is 220 g/mol. The molecule has 3 rings (SSSR count). The van der Waals surface area contributed by atoms with Gasteiger partial charge >= 0.3 is 5.97 Å². The van der Waals surface area contributed by atoms with Gasteiger partial charge in [0.2, 0.25) is 0 Å². The van der Waals surface area contributed by atoms with Crippen LogP contribution in [0.4, 0.5) is 0 Å². The Bertz CT molecular complexity index is 488. The highest BCUT2D eigenvalue weighted by Crippen LogP contribution is 2.53. The molecule has 4 heteroatoms. The Morgan fingerprint density at radius 2 is 2.24 bits per heavy atom. The first-order chi connectivity index (χ1) is 8.19. The number of benzene rings is 1. The van der Waals surface area contributed by atoms with E-state index in [1.165, 1.54) is 0 Å². The summed E-state index contributed by atoms with van der Waals surface area (Å²) in [4.78, 5) is 11.4. The molecule has 1 N–H and O–H groups in total. The largest absolute Gasteiger partial charge is 0.493 e. The van der Waals surface area contributed by atoms with E-state index in [0.717, 1.165) is 36.1 Å². The van der Waals surface area contributed by atoms with Crippen molar-refractivity contribution in [3.05, 3.63) is 23.3 Å². The molecule has 1 aromatic carbocycles. The molecule has 0 saturated heterocycles. The zero-order valence-corrected chi connectivity index (χ0v) is 9.66. The highest BCUT2D eigenvalue weighted by Gasteiger charge is 2.53. The Morgan fingerprint density at radius 1 is 1.47 bits per heavy atom. The average molecular weight is 234 g/mol. The van der Waals surface area contributed by atoms with Gasteiger partial charge in [-0.2, -0.15) is 0 Å². The predicted molar refractivity (Wildman–Crippen MR) is 60.7 cm³/mol. The smallest absolute Gasteiger partial charge is 0.314 e. The summed E-state index contributed by atoms with van der Waals surface area (Å²) in [6.07, 6.45) is 2.22. The van der Waals surface area contributed by atoms with Crippen molar-refractivity contribution in [2.45, 2.75) is 24.7 Å². The van der Waals surface area contributed by atoms with Crippen LogP contribution in [0.15, 0.2) is 12.1 Å². The maximum Gasteiger partial charge on any atom is 0.314 e. The molecule has 1 heterocycles. The van der Waals surface area contributed by atoms with E-state index in [0.29, 0.717) is 12.4 Å². The molecule has 0 atom stereocenters. The van der Waals surface area contributed by atoms with Gasteiger partial charge in [-0.25, -0.2) is 0 Å². The van der Waals surface area contributed by atoms with Gasteiger partial charge in [-0.1, -0.05) is 6.07 Å². The second kappa shape index (κ2) is 3.39. The molecule has 4 nitrogen and oxygen atoms in total. The Labute approximate surface area is 99.2 Å². The van der Waals surface area contributed by atoms with E-state index < -0.39 is 11.4 Å². The van der Waals surface area contributed by atoms with Crippen LogP contribution in [0.2, 0.25) is 0 Å². The SMILES string of the molecule is COc1ccc(C2(C(=O)O)CC2)c2c1OCC2. The first kappa shape index (κ1) is 10.4. The van der Waals surface area contributed by atoms with Gasteiger partial charge in [-0.05, 0) is 24.5 Å². The molecule has 17 heavy (non-hydrogen) atoms. The lowest BCUT2D eigenvalue weighted by atomic mass is 9.90. The monoisotopic (exact) mass is 234 g/mol. The Morgan fingerprint density at radius 3 is 2.82 bits per heavy atom. The maximum absolute atomic E-state index is 11.4.